The van der Waals surface area contributed by atoms with Crippen LogP contribution < -0.4 is 10.1 Å². The van der Waals surface area contributed by atoms with Crippen molar-refractivity contribution in [3.63, 3.8) is 0 Å². The van der Waals surface area contributed by atoms with Crippen molar-refractivity contribution in [2.45, 2.75) is 19.8 Å². The Morgan fingerprint density at radius 1 is 1.00 bits per heavy atom. The minimum Gasteiger partial charge on any atom is -0.484 e. The van der Waals surface area contributed by atoms with Gasteiger partial charge in [-0.25, -0.2) is 0 Å². The molecule has 0 aromatic heterocycles. The van der Waals surface area contributed by atoms with Gasteiger partial charge in [-0.05, 0) is 42.0 Å². The number of Topliss-reactive ketones (excluding diaryl/α,β-unsaturated/α-hetero) is 1. The zero-order valence-corrected chi connectivity index (χ0v) is 17.1. The highest BCUT2D eigenvalue weighted by Gasteiger charge is 2.17. The number of carbonyl (C=O) groups excluding carboxylic acids is 3. The van der Waals surface area contributed by atoms with Crippen molar-refractivity contribution in [3.8, 4) is 5.75 Å². The number of nitrogens with zero attached hydrogens (tertiary/aromatic N) is 1. The molecule has 0 bridgehead atoms. The lowest BCUT2D eigenvalue weighted by atomic mass is 10.1. The molecule has 30 heavy (non-hydrogen) atoms. The molecule has 1 aliphatic rings. The monoisotopic (exact) mass is 410 g/mol. The third-order valence-electron chi connectivity index (χ3n) is 4.82. The van der Waals surface area contributed by atoms with Gasteiger partial charge in [0.25, 0.3) is 5.91 Å². The number of hydrogen-bond acceptors (Lipinski definition) is 5. The summed E-state index contributed by atoms with van der Waals surface area (Å²) >= 11 is 0. The maximum atomic E-state index is 12.3. The maximum absolute atomic E-state index is 12.3. The largest absolute Gasteiger partial charge is 0.484 e. The van der Waals surface area contributed by atoms with E-state index >= 15 is 0 Å². The second-order valence-electron chi connectivity index (χ2n) is 7.00. The fourth-order valence-electron chi connectivity index (χ4n) is 3.09. The van der Waals surface area contributed by atoms with Gasteiger partial charge >= 0.3 is 0 Å². The Bertz CT molecular complexity index is 871. The molecule has 158 valence electrons. The van der Waals surface area contributed by atoms with Gasteiger partial charge in [0.2, 0.25) is 5.91 Å². The Morgan fingerprint density at radius 2 is 1.67 bits per heavy atom. The van der Waals surface area contributed by atoms with Crippen LogP contribution in [0.25, 0.3) is 0 Å². The minimum absolute atomic E-state index is 0.0642. The van der Waals surface area contributed by atoms with Crippen LogP contribution in [0.2, 0.25) is 0 Å². The number of ketones is 1. The number of hydrogen-bond donors (Lipinski definition) is 1. The zero-order chi connectivity index (χ0) is 21.3. The van der Waals surface area contributed by atoms with E-state index in [4.69, 9.17) is 9.47 Å². The standard InChI is InChI=1S/C23H26N2O5/c1-2-21(26)18-5-9-20(10-6-18)30-16-22(27)24-19-7-3-17(4-8-19)15-23(28)25-11-13-29-14-12-25/h3-10H,2,11-16H2,1H3,(H,24,27). The molecule has 1 heterocycles. The average Bonchev–Trinajstić information content (AvgIpc) is 2.79. The lowest BCUT2D eigenvalue weighted by Crippen LogP contribution is -2.41. The molecule has 1 N–H and O–H groups in total. The minimum atomic E-state index is -0.291. The van der Waals surface area contributed by atoms with Crippen molar-refractivity contribution in [1.82, 2.24) is 4.90 Å². The molecular formula is C23H26N2O5. The Hall–Kier alpha value is -3.19. The molecule has 7 heteroatoms. The Labute approximate surface area is 176 Å². The molecule has 2 aromatic rings. The molecule has 0 saturated carbocycles. The van der Waals surface area contributed by atoms with Gasteiger partial charge in [0, 0.05) is 30.8 Å². The number of benzene rings is 2. The predicted molar refractivity (Wildman–Crippen MR) is 113 cm³/mol. The van der Waals surface area contributed by atoms with Gasteiger partial charge in [0.1, 0.15) is 5.75 Å². The van der Waals surface area contributed by atoms with E-state index in [-0.39, 0.29) is 24.2 Å². The number of amides is 2. The summed E-state index contributed by atoms with van der Waals surface area (Å²) in [6.07, 6.45) is 0.774. The third-order valence-corrected chi connectivity index (χ3v) is 4.82. The summed E-state index contributed by atoms with van der Waals surface area (Å²) < 4.78 is 10.7. The topological polar surface area (TPSA) is 84.9 Å². The summed E-state index contributed by atoms with van der Waals surface area (Å²) in [5, 5.41) is 2.76. The van der Waals surface area contributed by atoms with Gasteiger partial charge in [0.05, 0.1) is 19.6 Å². The van der Waals surface area contributed by atoms with Gasteiger partial charge in [-0.3, -0.25) is 14.4 Å². The van der Waals surface area contributed by atoms with Crippen LogP contribution in [0.5, 0.6) is 5.75 Å². The van der Waals surface area contributed by atoms with E-state index in [9.17, 15) is 14.4 Å². The van der Waals surface area contributed by atoms with Gasteiger partial charge in [-0.1, -0.05) is 19.1 Å². The fourth-order valence-corrected chi connectivity index (χ4v) is 3.09. The van der Waals surface area contributed by atoms with Gasteiger partial charge < -0.3 is 19.7 Å². The molecule has 2 amide bonds. The van der Waals surface area contributed by atoms with Gasteiger partial charge in [0.15, 0.2) is 12.4 Å². The molecule has 1 fully saturated rings. The molecular weight excluding hydrogens is 384 g/mol. The summed E-state index contributed by atoms with van der Waals surface area (Å²) in [4.78, 5) is 37.8. The van der Waals surface area contributed by atoms with Crippen LogP contribution in [0.3, 0.4) is 0 Å². The molecule has 0 unspecified atom stereocenters. The number of anilines is 1. The van der Waals surface area contributed by atoms with Crippen LogP contribution in [0.4, 0.5) is 5.69 Å². The summed E-state index contributed by atoms with van der Waals surface area (Å²) in [6.45, 7) is 4.10. The normalized spacial score (nSPS) is 13.6. The molecule has 0 spiro atoms. The molecule has 1 aliphatic heterocycles. The highest BCUT2D eigenvalue weighted by atomic mass is 16.5. The Kier molecular flexibility index (Phi) is 7.57. The summed E-state index contributed by atoms with van der Waals surface area (Å²) in [7, 11) is 0. The first-order chi connectivity index (χ1) is 14.5. The number of rotatable bonds is 8. The van der Waals surface area contributed by atoms with E-state index in [0.717, 1.165) is 5.56 Å². The summed E-state index contributed by atoms with van der Waals surface area (Å²) in [5.41, 5.74) is 2.15. The van der Waals surface area contributed by atoms with Crippen LogP contribution >= 0.6 is 0 Å². The number of ether oxygens (including phenoxy) is 2. The lowest BCUT2D eigenvalue weighted by molar-refractivity contribution is -0.134. The van der Waals surface area contributed by atoms with E-state index in [1.54, 1.807) is 41.3 Å². The van der Waals surface area contributed by atoms with Crippen LogP contribution in [-0.4, -0.2) is 55.4 Å². The molecule has 7 nitrogen and oxygen atoms in total. The fraction of sp³-hybridized carbons (Fsp3) is 0.348. The summed E-state index contributed by atoms with van der Waals surface area (Å²) in [6, 6.07) is 13.9. The zero-order valence-electron chi connectivity index (χ0n) is 17.1. The molecule has 3 rings (SSSR count). The smallest absolute Gasteiger partial charge is 0.262 e. The van der Waals surface area contributed by atoms with Gasteiger partial charge in [-0.15, -0.1) is 0 Å². The third kappa shape index (κ3) is 6.15. The SMILES string of the molecule is CCC(=O)c1ccc(OCC(=O)Nc2ccc(CC(=O)N3CCOCC3)cc2)cc1. The second kappa shape index (κ2) is 10.5. The first-order valence-corrected chi connectivity index (χ1v) is 10.1. The van der Waals surface area contributed by atoms with Crippen LogP contribution in [0, 0.1) is 0 Å². The van der Waals surface area contributed by atoms with Crippen LogP contribution in [0.1, 0.15) is 29.3 Å². The van der Waals surface area contributed by atoms with Crippen molar-refractivity contribution < 1.29 is 23.9 Å². The average molecular weight is 410 g/mol. The maximum Gasteiger partial charge on any atom is 0.262 e. The molecule has 0 radical (unpaired) electrons. The highest BCUT2D eigenvalue weighted by Crippen LogP contribution is 2.15. The number of morpholine rings is 1. The highest BCUT2D eigenvalue weighted by molar-refractivity contribution is 5.96. The second-order valence-corrected chi connectivity index (χ2v) is 7.00. The molecule has 0 atom stereocenters. The van der Waals surface area contributed by atoms with Crippen molar-refractivity contribution in [2.75, 3.05) is 38.2 Å². The van der Waals surface area contributed by atoms with E-state index in [1.165, 1.54) is 0 Å². The van der Waals surface area contributed by atoms with Gasteiger partial charge in [-0.2, -0.15) is 0 Å². The quantitative estimate of drug-likeness (QED) is 0.677. The summed E-state index contributed by atoms with van der Waals surface area (Å²) in [5.74, 6) is 0.375. The van der Waals surface area contributed by atoms with Crippen molar-refractivity contribution in [2.24, 2.45) is 0 Å². The van der Waals surface area contributed by atoms with E-state index in [1.807, 2.05) is 19.1 Å². The van der Waals surface area contributed by atoms with Crippen LogP contribution in [0.15, 0.2) is 48.5 Å². The molecule has 1 saturated heterocycles. The van der Waals surface area contributed by atoms with E-state index in [0.29, 0.717) is 56.1 Å². The Morgan fingerprint density at radius 3 is 2.30 bits per heavy atom. The Balaban J connectivity index is 1.45. The van der Waals surface area contributed by atoms with Crippen LogP contribution in [-0.2, 0) is 20.7 Å². The van der Waals surface area contributed by atoms with Crippen molar-refractivity contribution in [3.05, 3.63) is 59.7 Å². The predicted octanol–water partition coefficient (Wildman–Crippen LogP) is 2.70. The number of nitrogens with one attached hydrogen (secondary N) is 1. The first kappa shape index (κ1) is 21.5. The van der Waals surface area contributed by atoms with E-state index in [2.05, 4.69) is 5.32 Å². The molecule has 0 aliphatic carbocycles. The lowest BCUT2D eigenvalue weighted by Gasteiger charge is -2.26. The number of carbonyl (C=O) groups is 3. The van der Waals surface area contributed by atoms with Crippen molar-refractivity contribution in [1.29, 1.82) is 0 Å². The van der Waals surface area contributed by atoms with E-state index < -0.39 is 0 Å². The first-order valence-electron chi connectivity index (χ1n) is 10.1. The molecule has 2 aromatic carbocycles. The van der Waals surface area contributed by atoms with Crippen molar-refractivity contribution >= 4 is 23.3 Å².